The number of anilines is 1. The molecule has 5 fully saturated rings. The molecule has 2 unspecified atom stereocenters. The minimum Gasteiger partial charge on any atom is -0.456 e. The Bertz CT molecular complexity index is 3760. The topological polar surface area (TPSA) is 325 Å². The predicted octanol–water partition coefficient (Wildman–Crippen LogP) is 6.29. The number of nitrogens with one attached hydrogen (secondary N) is 1. The summed E-state index contributed by atoms with van der Waals surface area (Å²) in [4.78, 5) is 102. The molecular formula is C62H63N6O18P. The van der Waals surface area contributed by atoms with Gasteiger partial charge in [-0.05, 0) is 72.9 Å². The number of benzene rings is 4. The Kier molecular flexibility index (Phi) is 15.4. The van der Waals surface area contributed by atoms with Gasteiger partial charge >= 0.3 is 31.7 Å². The summed E-state index contributed by atoms with van der Waals surface area (Å²) >= 11 is 0. The molecule has 3 saturated heterocycles. The zero-order valence-electron chi connectivity index (χ0n) is 47.8. The first kappa shape index (κ1) is 59.3. The molecule has 454 valence electrons. The number of nitrogen functional groups attached to an aromatic ring is 1. The Morgan fingerprint density at radius 2 is 1.46 bits per heavy atom. The van der Waals surface area contributed by atoms with Crippen LogP contribution in [0.25, 0.3) is 11.2 Å². The van der Waals surface area contributed by atoms with E-state index in [9.17, 15) is 29.4 Å². The summed E-state index contributed by atoms with van der Waals surface area (Å²) in [5.41, 5.74) is -0.643. The number of Topliss-reactive ketones (excluding diaryl/α,β-unsaturated/α-hetero) is 1. The van der Waals surface area contributed by atoms with Crippen LogP contribution < -0.4 is 11.1 Å². The minimum atomic E-state index is -5.12. The molecule has 12 rings (SSSR count). The number of carbonyl (C=O) groups is 6. The Morgan fingerprint density at radius 3 is 2.08 bits per heavy atom. The van der Waals surface area contributed by atoms with Crippen LogP contribution in [-0.2, 0) is 60.9 Å². The van der Waals surface area contributed by atoms with E-state index in [0.29, 0.717) is 0 Å². The number of ketones is 1. The normalized spacial score (nSPS) is 32.1. The number of aromatic nitrogens is 4. The van der Waals surface area contributed by atoms with Gasteiger partial charge in [-0.1, -0.05) is 106 Å². The van der Waals surface area contributed by atoms with Crippen LogP contribution in [0, 0.1) is 16.7 Å². The fraction of sp³-hybridized carbons (Fsp3) is 0.403. The highest BCUT2D eigenvalue weighted by Gasteiger charge is 2.76. The fourth-order valence-electron chi connectivity index (χ4n) is 13.7. The Balaban J connectivity index is 0.985. The van der Waals surface area contributed by atoms with Gasteiger partial charge in [0.25, 0.3) is 5.91 Å². The maximum Gasteiger partial charge on any atom is 0.476 e. The number of ether oxygens (including phenoxy) is 6. The van der Waals surface area contributed by atoms with Crippen LogP contribution in [0.2, 0.25) is 0 Å². The average Bonchev–Trinajstić information content (AvgIpc) is 1.28. The summed E-state index contributed by atoms with van der Waals surface area (Å²) in [5, 5.41) is 29.1. The molecule has 1 amide bonds. The number of phosphoric acid groups is 1. The highest BCUT2D eigenvalue weighted by molar-refractivity contribution is 7.48. The van der Waals surface area contributed by atoms with Gasteiger partial charge in [0, 0.05) is 29.7 Å². The molecule has 87 heavy (non-hydrogen) atoms. The van der Waals surface area contributed by atoms with Crippen LogP contribution in [0.4, 0.5) is 5.82 Å². The van der Waals surface area contributed by atoms with Crippen molar-refractivity contribution in [2.45, 2.75) is 126 Å². The molecule has 24 nitrogen and oxygen atoms in total. The van der Waals surface area contributed by atoms with Crippen molar-refractivity contribution in [3.63, 3.8) is 0 Å². The van der Waals surface area contributed by atoms with Crippen molar-refractivity contribution in [3.05, 3.63) is 167 Å². The van der Waals surface area contributed by atoms with E-state index in [0.717, 1.165) is 0 Å². The summed E-state index contributed by atoms with van der Waals surface area (Å²) in [7, 11) is -5.12. The van der Waals surface area contributed by atoms with Crippen LogP contribution in [0.1, 0.15) is 103 Å². The summed E-state index contributed by atoms with van der Waals surface area (Å²) in [5.74, 6) is -6.76. The van der Waals surface area contributed by atoms with Gasteiger partial charge in [0.2, 0.25) is 0 Å². The zero-order chi connectivity index (χ0) is 61.4. The first-order valence-corrected chi connectivity index (χ1v) is 29.8. The van der Waals surface area contributed by atoms with Gasteiger partial charge in [-0.15, -0.1) is 0 Å². The number of nitrogens with zero attached hydrogens (tertiary/aromatic N) is 4. The first-order chi connectivity index (χ1) is 41.6. The highest BCUT2D eigenvalue weighted by atomic mass is 31.2. The second kappa shape index (κ2) is 22.6. The number of imidazole rings is 1. The molecule has 5 N–H and O–H groups in total. The van der Waals surface area contributed by atoms with E-state index in [1.54, 1.807) is 106 Å². The second-order valence-electron chi connectivity index (χ2n) is 23.5. The van der Waals surface area contributed by atoms with Crippen LogP contribution in [0.3, 0.4) is 0 Å². The number of nitrogens with two attached hydrogens (primary N) is 1. The summed E-state index contributed by atoms with van der Waals surface area (Å²) in [6, 6.07) is 30.3. The first-order valence-electron chi connectivity index (χ1n) is 28.4. The number of aliphatic hydroxyl groups is 2. The smallest absolute Gasteiger partial charge is 0.456 e. The molecule has 6 aliphatic rings. The minimum absolute atomic E-state index is 0.0128. The number of rotatable bonds is 14. The SMILES string of the molecule is CC(=O)O[C@@]12CO[C@@H]1CC[C@@]1(C)C(=O)[C@H](OC(=O)c3ccccc3)C3=C(C)[C@@H](OC(=O)[C@@H](OP4(=O)OC[C@H]5O[C@@H](n6cnc7c(N)ncnc76)[C@H](O)[C@@H]5O4)C(NC(=O)c4ccccc4)c4ccccc4)C[C@@](O)([C@@H](OC(=O)c4ccccc4)[C@H]21)C3(C)C. The van der Waals surface area contributed by atoms with Gasteiger partial charge in [0.05, 0.1) is 42.6 Å². The lowest BCUT2D eigenvalue weighted by Crippen LogP contribution is -2.79. The Hall–Kier alpha value is -8.06. The summed E-state index contributed by atoms with van der Waals surface area (Å²) in [6.07, 6.45) is -11.7. The van der Waals surface area contributed by atoms with E-state index in [-0.39, 0.29) is 69.8 Å². The molecule has 2 aromatic heterocycles. The summed E-state index contributed by atoms with van der Waals surface area (Å²) < 4.78 is 73.3. The largest absolute Gasteiger partial charge is 0.476 e. The van der Waals surface area contributed by atoms with Gasteiger partial charge in [-0.3, -0.25) is 32.5 Å². The van der Waals surface area contributed by atoms with Crippen LogP contribution in [0.15, 0.2) is 145 Å². The number of phosphoric ester groups is 1. The third-order valence-electron chi connectivity index (χ3n) is 18.1. The Morgan fingerprint density at radius 1 is 0.839 bits per heavy atom. The van der Waals surface area contributed by atoms with Crippen LogP contribution >= 0.6 is 7.82 Å². The number of esters is 4. The fourth-order valence-corrected chi connectivity index (χ4v) is 15.2. The summed E-state index contributed by atoms with van der Waals surface area (Å²) in [6.45, 7) is 6.68. The van der Waals surface area contributed by atoms with E-state index in [4.69, 9.17) is 47.7 Å². The molecule has 3 aliphatic heterocycles. The maximum absolute atomic E-state index is 16.3. The third kappa shape index (κ3) is 10.2. The number of hydrogen-bond acceptors (Lipinski definition) is 22. The molecule has 6 aromatic rings. The second-order valence-corrected chi connectivity index (χ2v) is 25.0. The van der Waals surface area contributed by atoms with Crippen molar-refractivity contribution in [2.75, 3.05) is 18.9 Å². The number of amides is 1. The number of fused-ring (bicyclic) bond motifs is 7. The highest BCUT2D eigenvalue weighted by Crippen LogP contribution is 2.65. The maximum atomic E-state index is 16.3. The van der Waals surface area contributed by atoms with Crippen molar-refractivity contribution in [1.29, 1.82) is 0 Å². The molecule has 25 heteroatoms. The molecule has 2 saturated carbocycles. The number of hydrogen-bond donors (Lipinski definition) is 4. The van der Waals surface area contributed by atoms with Crippen molar-refractivity contribution in [2.24, 2.45) is 16.7 Å². The van der Waals surface area contributed by atoms with Crippen molar-refractivity contribution < 1.29 is 85.5 Å². The lowest BCUT2D eigenvalue weighted by Gasteiger charge is -2.66. The van der Waals surface area contributed by atoms with E-state index in [1.165, 1.54) is 67.5 Å². The number of aliphatic hydroxyl groups excluding tert-OH is 1. The van der Waals surface area contributed by atoms with Gasteiger partial charge in [0.1, 0.15) is 54.1 Å². The molecule has 0 radical (unpaired) electrons. The van der Waals surface area contributed by atoms with E-state index in [2.05, 4.69) is 20.3 Å². The Labute approximate surface area is 498 Å². The molecular weight excluding hydrogens is 1150 g/mol. The number of carbonyl (C=O) groups excluding carboxylic acids is 6. The monoisotopic (exact) mass is 1210 g/mol. The van der Waals surface area contributed by atoms with Crippen molar-refractivity contribution in [3.8, 4) is 0 Å². The molecule has 4 aromatic carbocycles. The lowest BCUT2D eigenvalue weighted by atomic mass is 9.45. The van der Waals surface area contributed by atoms with Gasteiger partial charge in [-0.2, -0.15) is 0 Å². The van der Waals surface area contributed by atoms with E-state index < -0.39 is 145 Å². The van der Waals surface area contributed by atoms with Crippen molar-refractivity contribution >= 4 is 60.4 Å². The van der Waals surface area contributed by atoms with Crippen LogP contribution in [-0.4, -0.2) is 139 Å². The third-order valence-corrected chi connectivity index (χ3v) is 19.6. The average molecular weight is 1210 g/mol. The van der Waals surface area contributed by atoms with E-state index in [1.807, 2.05) is 0 Å². The molecule has 5 heterocycles. The predicted molar refractivity (Wildman–Crippen MR) is 303 cm³/mol. The molecule has 0 spiro atoms. The van der Waals surface area contributed by atoms with Gasteiger partial charge < -0.3 is 49.7 Å². The standard InChI is InChI=1S/C62H63N6O18P/c1-33-39(28-62(76)51(83-57(74)38-24-16-9-17-25-38)49-60(5,27-26-41-61(49,30-78-41)84-34(2)69)50(71)47(42(33)59(62,3)4)82-56(73)37-22-14-8-15-23-37)81-58(75)48(43(35-18-10-6-11-19-35)67-54(72)36-20-12-7-13-21-36)86-87(77)79-29-40-46(85-87)45(70)55(80-40)68-32-66-44-52(63)64-31-65-53(44)68/h6-25,31-32,39-41,43,45-49,51,55,70,76H,26-30H2,1-5H3,(H,67,72)(H2,63,64,65)/t39-,40+,41+,43?,45+,46+,47+,48-,49-,51-,55+,60+,61-,62+,87?/m0/s1. The molecule has 3 aliphatic carbocycles. The van der Waals surface area contributed by atoms with Gasteiger partial charge in [0.15, 0.2) is 41.3 Å². The molecule has 15 atom stereocenters. The molecule has 2 bridgehead atoms. The van der Waals surface area contributed by atoms with Crippen LogP contribution in [0.5, 0.6) is 0 Å². The van der Waals surface area contributed by atoms with E-state index >= 15 is 14.2 Å². The lowest BCUT2D eigenvalue weighted by molar-refractivity contribution is -0.332. The quantitative estimate of drug-likeness (QED) is 0.0403. The van der Waals surface area contributed by atoms with Gasteiger partial charge in [-0.25, -0.2) is 33.9 Å². The zero-order valence-corrected chi connectivity index (χ0v) is 48.7. The van der Waals surface area contributed by atoms with Crippen molar-refractivity contribution in [1.82, 2.24) is 24.8 Å².